The molecule has 6 nitrogen and oxygen atoms in total. The molecule has 0 saturated heterocycles. The van der Waals surface area contributed by atoms with Crippen LogP contribution in [0.4, 0.5) is 11.5 Å². The molecule has 1 amide bonds. The molecule has 2 aromatic rings. The lowest BCUT2D eigenvalue weighted by Crippen LogP contribution is -2.14. The van der Waals surface area contributed by atoms with E-state index in [0.29, 0.717) is 22.0 Å². The number of benzene rings is 1. The maximum atomic E-state index is 11.8. The Morgan fingerprint density at radius 3 is 2.77 bits per heavy atom. The van der Waals surface area contributed by atoms with Crippen LogP contribution in [0.25, 0.3) is 11.1 Å². The van der Waals surface area contributed by atoms with Crippen molar-refractivity contribution < 1.29 is 9.72 Å². The molecular formula is C15H12ClN3O3. The minimum Gasteiger partial charge on any atom is -0.310 e. The van der Waals surface area contributed by atoms with E-state index in [9.17, 15) is 14.9 Å². The summed E-state index contributed by atoms with van der Waals surface area (Å²) >= 11 is 5.82. The number of halogens is 1. The third-order valence-electron chi connectivity index (χ3n) is 3.43. The molecule has 0 unspecified atom stereocenters. The second-order valence-electron chi connectivity index (χ2n) is 5.11. The Balaban J connectivity index is 1.95. The van der Waals surface area contributed by atoms with Crippen molar-refractivity contribution in [1.29, 1.82) is 0 Å². The number of rotatable bonds is 4. The molecule has 0 spiro atoms. The molecular weight excluding hydrogens is 306 g/mol. The quantitative estimate of drug-likeness (QED) is 0.688. The Hall–Kier alpha value is -2.47. The summed E-state index contributed by atoms with van der Waals surface area (Å²) in [6.45, 7) is 0. The van der Waals surface area contributed by atoms with Gasteiger partial charge >= 0.3 is 0 Å². The van der Waals surface area contributed by atoms with Crippen LogP contribution >= 0.6 is 11.6 Å². The van der Waals surface area contributed by atoms with Crippen molar-refractivity contribution in [3.05, 3.63) is 51.7 Å². The molecule has 3 rings (SSSR count). The summed E-state index contributed by atoms with van der Waals surface area (Å²) in [6.07, 6.45) is 3.30. The number of anilines is 1. The van der Waals surface area contributed by atoms with Gasteiger partial charge in [0.25, 0.3) is 5.69 Å². The SMILES string of the molecule is O=C(Nc1cc(-c2ccc(Cl)cc2[N+](=O)[O-])ccn1)C1CC1. The van der Waals surface area contributed by atoms with Crippen LogP contribution in [0.3, 0.4) is 0 Å². The standard InChI is InChI=1S/C15H12ClN3O3/c16-11-3-4-12(13(8-11)19(21)22)10-5-6-17-14(7-10)18-15(20)9-1-2-9/h3-9H,1-2H2,(H,17,18,20). The lowest BCUT2D eigenvalue weighted by atomic mass is 10.0. The first-order valence-electron chi connectivity index (χ1n) is 6.76. The van der Waals surface area contributed by atoms with E-state index in [2.05, 4.69) is 10.3 Å². The zero-order chi connectivity index (χ0) is 15.7. The first-order valence-corrected chi connectivity index (χ1v) is 7.13. The minimum absolute atomic E-state index is 0.0599. The van der Waals surface area contributed by atoms with Gasteiger partial charge in [0.15, 0.2) is 0 Å². The molecule has 1 fully saturated rings. The number of nitrogens with one attached hydrogen (secondary N) is 1. The van der Waals surface area contributed by atoms with Crippen molar-refractivity contribution in [1.82, 2.24) is 4.98 Å². The van der Waals surface area contributed by atoms with Crippen LogP contribution < -0.4 is 5.32 Å². The fourth-order valence-electron chi connectivity index (χ4n) is 2.14. The van der Waals surface area contributed by atoms with Gasteiger partial charge in [0, 0.05) is 23.2 Å². The Morgan fingerprint density at radius 2 is 2.09 bits per heavy atom. The summed E-state index contributed by atoms with van der Waals surface area (Å²) in [5.74, 6) is 0.393. The highest BCUT2D eigenvalue weighted by Gasteiger charge is 2.29. The number of pyridine rings is 1. The molecule has 1 aliphatic rings. The van der Waals surface area contributed by atoms with E-state index >= 15 is 0 Å². The lowest BCUT2D eigenvalue weighted by Gasteiger charge is -2.07. The molecule has 0 radical (unpaired) electrons. The summed E-state index contributed by atoms with van der Waals surface area (Å²) in [6, 6.07) is 7.76. The van der Waals surface area contributed by atoms with Gasteiger partial charge in [-0.1, -0.05) is 11.6 Å². The van der Waals surface area contributed by atoms with Crippen LogP contribution in [0, 0.1) is 16.0 Å². The molecule has 112 valence electrons. The number of hydrogen-bond donors (Lipinski definition) is 1. The highest BCUT2D eigenvalue weighted by Crippen LogP contribution is 2.34. The molecule has 1 N–H and O–H groups in total. The van der Waals surface area contributed by atoms with Crippen LogP contribution in [-0.4, -0.2) is 15.8 Å². The highest BCUT2D eigenvalue weighted by molar-refractivity contribution is 6.30. The summed E-state index contributed by atoms with van der Waals surface area (Å²) in [5, 5.41) is 14.2. The van der Waals surface area contributed by atoms with E-state index in [1.54, 1.807) is 24.3 Å². The molecule has 1 heterocycles. The maximum absolute atomic E-state index is 11.8. The van der Waals surface area contributed by atoms with Crippen LogP contribution in [0.1, 0.15) is 12.8 Å². The van der Waals surface area contributed by atoms with Gasteiger partial charge in [-0.25, -0.2) is 4.98 Å². The van der Waals surface area contributed by atoms with Crippen LogP contribution in [0.15, 0.2) is 36.5 Å². The molecule has 1 saturated carbocycles. The largest absolute Gasteiger partial charge is 0.310 e. The van der Waals surface area contributed by atoms with Crippen molar-refractivity contribution in [2.24, 2.45) is 5.92 Å². The van der Waals surface area contributed by atoms with Crippen LogP contribution in [0.5, 0.6) is 0 Å². The van der Waals surface area contributed by atoms with Crippen molar-refractivity contribution in [3.8, 4) is 11.1 Å². The Labute approximate surface area is 131 Å². The normalized spacial score (nSPS) is 13.7. The van der Waals surface area contributed by atoms with Crippen LogP contribution in [0.2, 0.25) is 5.02 Å². The van der Waals surface area contributed by atoms with Gasteiger partial charge in [-0.3, -0.25) is 14.9 Å². The summed E-state index contributed by atoms with van der Waals surface area (Å²) in [7, 11) is 0. The van der Waals surface area contributed by atoms with Gasteiger partial charge in [-0.2, -0.15) is 0 Å². The Bertz CT molecular complexity index is 759. The Kier molecular flexibility index (Phi) is 3.77. The third kappa shape index (κ3) is 3.07. The van der Waals surface area contributed by atoms with Gasteiger partial charge in [0.2, 0.25) is 5.91 Å². The fraction of sp³-hybridized carbons (Fsp3) is 0.200. The first-order chi connectivity index (χ1) is 10.5. The summed E-state index contributed by atoms with van der Waals surface area (Å²) in [5.41, 5.74) is 0.946. The summed E-state index contributed by atoms with van der Waals surface area (Å²) in [4.78, 5) is 26.5. The molecule has 0 atom stereocenters. The molecule has 22 heavy (non-hydrogen) atoms. The number of aromatic nitrogens is 1. The van der Waals surface area contributed by atoms with E-state index in [1.165, 1.54) is 12.3 Å². The molecule has 0 aliphatic heterocycles. The fourth-order valence-corrected chi connectivity index (χ4v) is 2.31. The van der Waals surface area contributed by atoms with Crippen molar-refractivity contribution in [3.63, 3.8) is 0 Å². The average molecular weight is 318 g/mol. The zero-order valence-corrected chi connectivity index (χ0v) is 12.2. The molecule has 0 bridgehead atoms. The predicted molar refractivity (Wildman–Crippen MR) is 82.7 cm³/mol. The van der Waals surface area contributed by atoms with E-state index in [-0.39, 0.29) is 17.5 Å². The number of hydrogen-bond acceptors (Lipinski definition) is 4. The average Bonchev–Trinajstić information content (AvgIpc) is 3.32. The van der Waals surface area contributed by atoms with E-state index in [1.807, 2.05) is 0 Å². The van der Waals surface area contributed by atoms with Crippen LogP contribution in [-0.2, 0) is 4.79 Å². The number of nitrogens with zero attached hydrogens (tertiary/aromatic N) is 2. The van der Waals surface area contributed by atoms with E-state index in [0.717, 1.165) is 12.8 Å². The van der Waals surface area contributed by atoms with Crippen molar-refractivity contribution >= 4 is 29.0 Å². The molecule has 1 aliphatic carbocycles. The van der Waals surface area contributed by atoms with E-state index in [4.69, 9.17) is 11.6 Å². The second-order valence-corrected chi connectivity index (χ2v) is 5.55. The first kappa shape index (κ1) is 14.5. The molecule has 7 heteroatoms. The number of carbonyl (C=O) groups is 1. The minimum atomic E-state index is -0.482. The summed E-state index contributed by atoms with van der Waals surface area (Å²) < 4.78 is 0. The smallest absolute Gasteiger partial charge is 0.278 e. The van der Waals surface area contributed by atoms with Gasteiger partial charge in [0.1, 0.15) is 5.82 Å². The predicted octanol–water partition coefficient (Wildman–Crippen LogP) is 3.66. The second kappa shape index (κ2) is 5.73. The highest BCUT2D eigenvalue weighted by atomic mass is 35.5. The van der Waals surface area contributed by atoms with Crippen molar-refractivity contribution in [2.75, 3.05) is 5.32 Å². The number of amides is 1. The number of carbonyl (C=O) groups excluding carboxylic acids is 1. The van der Waals surface area contributed by atoms with Gasteiger partial charge < -0.3 is 5.32 Å². The topological polar surface area (TPSA) is 85.1 Å². The van der Waals surface area contributed by atoms with E-state index < -0.39 is 4.92 Å². The number of nitro benzene ring substituents is 1. The lowest BCUT2D eigenvalue weighted by molar-refractivity contribution is -0.384. The van der Waals surface area contributed by atoms with Crippen molar-refractivity contribution in [2.45, 2.75) is 12.8 Å². The van der Waals surface area contributed by atoms with Gasteiger partial charge in [-0.15, -0.1) is 0 Å². The Morgan fingerprint density at radius 1 is 1.32 bits per heavy atom. The van der Waals surface area contributed by atoms with Gasteiger partial charge in [-0.05, 0) is 42.7 Å². The monoisotopic (exact) mass is 317 g/mol. The molecule has 1 aromatic heterocycles. The maximum Gasteiger partial charge on any atom is 0.278 e. The zero-order valence-electron chi connectivity index (χ0n) is 11.5. The number of nitro groups is 1. The van der Waals surface area contributed by atoms with Gasteiger partial charge in [0.05, 0.1) is 10.5 Å². The molecule has 1 aromatic carbocycles. The third-order valence-corrected chi connectivity index (χ3v) is 3.66.